The second-order valence-corrected chi connectivity index (χ2v) is 11.4. The lowest BCUT2D eigenvalue weighted by molar-refractivity contribution is -0.141. The summed E-state index contributed by atoms with van der Waals surface area (Å²) >= 11 is 0. The van der Waals surface area contributed by atoms with Gasteiger partial charge in [0.05, 0.1) is 19.9 Å². The number of hydrogen-bond donors (Lipinski definition) is 1. The van der Waals surface area contributed by atoms with E-state index in [0.29, 0.717) is 12.3 Å². The van der Waals surface area contributed by atoms with Gasteiger partial charge in [-0.15, -0.1) is 0 Å². The average Bonchev–Trinajstić information content (AvgIpc) is 2.94. The average molecular weight is 552 g/mol. The molecular formula is C30H37N3O5S. The Balaban J connectivity index is 1.98. The third-order valence-electron chi connectivity index (χ3n) is 6.31. The molecule has 0 fully saturated rings. The van der Waals surface area contributed by atoms with E-state index in [2.05, 4.69) is 5.32 Å². The number of methoxy groups -OCH3 is 1. The van der Waals surface area contributed by atoms with E-state index in [9.17, 15) is 18.0 Å². The summed E-state index contributed by atoms with van der Waals surface area (Å²) in [5.41, 5.74) is 2.45. The van der Waals surface area contributed by atoms with E-state index in [1.807, 2.05) is 79.7 Å². The van der Waals surface area contributed by atoms with Gasteiger partial charge in [-0.25, -0.2) is 8.42 Å². The second-order valence-electron chi connectivity index (χ2n) is 9.38. The molecular weight excluding hydrogens is 514 g/mol. The van der Waals surface area contributed by atoms with E-state index >= 15 is 0 Å². The minimum atomic E-state index is -3.72. The third-order valence-corrected chi connectivity index (χ3v) is 7.51. The van der Waals surface area contributed by atoms with Crippen LogP contribution >= 0.6 is 0 Å². The molecule has 39 heavy (non-hydrogen) atoms. The summed E-state index contributed by atoms with van der Waals surface area (Å²) in [5, 5.41) is 2.93. The van der Waals surface area contributed by atoms with Gasteiger partial charge < -0.3 is 15.0 Å². The lowest BCUT2D eigenvalue weighted by Crippen LogP contribution is -2.53. The van der Waals surface area contributed by atoms with E-state index in [4.69, 9.17) is 4.74 Å². The van der Waals surface area contributed by atoms with Gasteiger partial charge in [0.15, 0.2) is 0 Å². The van der Waals surface area contributed by atoms with E-state index in [-0.39, 0.29) is 25.4 Å². The van der Waals surface area contributed by atoms with Crippen LogP contribution in [0.4, 0.5) is 0 Å². The number of nitrogens with zero attached hydrogens (tertiary/aromatic N) is 2. The molecule has 0 saturated heterocycles. The molecule has 0 aliphatic carbocycles. The number of carbonyl (C=O) groups excluding carboxylic acids is 2. The molecule has 0 aromatic heterocycles. The van der Waals surface area contributed by atoms with Crippen LogP contribution in [0.25, 0.3) is 0 Å². The molecule has 1 N–H and O–H groups in total. The maximum Gasteiger partial charge on any atom is 0.243 e. The van der Waals surface area contributed by atoms with Crippen molar-refractivity contribution >= 4 is 21.8 Å². The molecule has 3 aromatic carbocycles. The van der Waals surface area contributed by atoms with Gasteiger partial charge >= 0.3 is 0 Å². The predicted molar refractivity (Wildman–Crippen MR) is 152 cm³/mol. The third kappa shape index (κ3) is 9.23. The van der Waals surface area contributed by atoms with Crippen LogP contribution in [-0.4, -0.2) is 61.9 Å². The summed E-state index contributed by atoms with van der Waals surface area (Å²) in [4.78, 5) is 28.9. The molecule has 1 unspecified atom stereocenters. The zero-order valence-electron chi connectivity index (χ0n) is 22.7. The number of amides is 2. The van der Waals surface area contributed by atoms with Crippen LogP contribution < -0.4 is 10.1 Å². The van der Waals surface area contributed by atoms with Gasteiger partial charge in [0.1, 0.15) is 11.8 Å². The topological polar surface area (TPSA) is 96.0 Å². The van der Waals surface area contributed by atoms with Crippen LogP contribution in [0, 0.1) is 0 Å². The molecule has 0 saturated carbocycles. The molecule has 208 valence electrons. The van der Waals surface area contributed by atoms with Crippen molar-refractivity contribution in [2.24, 2.45) is 0 Å². The monoisotopic (exact) mass is 551 g/mol. The van der Waals surface area contributed by atoms with Gasteiger partial charge in [-0.1, -0.05) is 79.7 Å². The summed E-state index contributed by atoms with van der Waals surface area (Å²) in [6, 6.07) is 25.0. The molecule has 0 spiro atoms. The SMILES string of the molecule is CCCNC(=O)C(Cc1ccccc1)N(Cc1ccc(OC)cc1)C(=O)CN(Cc1ccccc1)S(C)(=O)=O. The highest BCUT2D eigenvalue weighted by Crippen LogP contribution is 2.19. The number of nitrogens with one attached hydrogen (secondary N) is 1. The van der Waals surface area contributed by atoms with Gasteiger partial charge in [-0.3, -0.25) is 9.59 Å². The van der Waals surface area contributed by atoms with Crippen LogP contribution in [0.5, 0.6) is 5.75 Å². The summed E-state index contributed by atoms with van der Waals surface area (Å²) in [6.45, 7) is 2.21. The van der Waals surface area contributed by atoms with E-state index < -0.39 is 28.5 Å². The van der Waals surface area contributed by atoms with Crippen molar-refractivity contribution in [3.05, 3.63) is 102 Å². The molecule has 0 aliphatic heterocycles. The van der Waals surface area contributed by atoms with E-state index in [0.717, 1.165) is 33.7 Å². The van der Waals surface area contributed by atoms with Crippen molar-refractivity contribution in [1.82, 2.24) is 14.5 Å². The van der Waals surface area contributed by atoms with Crippen molar-refractivity contribution in [3.8, 4) is 5.75 Å². The lowest BCUT2D eigenvalue weighted by atomic mass is 10.0. The molecule has 0 heterocycles. The molecule has 8 nitrogen and oxygen atoms in total. The summed E-state index contributed by atoms with van der Waals surface area (Å²) in [6.07, 6.45) is 2.12. The zero-order valence-corrected chi connectivity index (χ0v) is 23.6. The first-order chi connectivity index (χ1) is 18.7. The minimum Gasteiger partial charge on any atom is -0.497 e. The first-order valence-electron chi connectivity index (χ1n) is 12.9. The molecule has 2 amide bonds. The van der Waals surface area contributed by atoms with E-state index in [1.54, 1.807) is 19.2 Å². The van der Waals surface area contributed by atoms with Gasteiger partial charge in [0.2, 0.25) is 21.8 Å². The molecule has 0 bridgehead atoms. The fraction of sp³-hybridized carbons (Fsp3) is 0.333. The largest absolute Gasteiger partial charge is 0.497 e. The summed E-state index contributed by atoms with van der Waals surface area (Å²) in [7, 11) is -2.15. The Kier molecular flexibility index (Phi) is 11.1. The van der Waals surface area contributed by atoms with Crippen LogP contribution in [0.2, 0.25) is 0 Å². The standard InChI is InChI=1S/C30H37N3O5S/c1-4-19-31-30(35)28(20-24-11-7-5-8-12-24)33(22-26-15-17-27(38-2)18-16-26)29(34)23-32(39(3,36)37)21-25-13-9-6-10-14-25/h5-18,28H,4,19-23H2,1-3H3,(H,31,35). The van der Waals surface area contributed by atoms with Gasteiger partial charge in [-0.2, -0.15) is 4.31 Å². The molecule has 3 rings (SSSR count). The van der Waals surface area contributed by atoms with Crippen LogP contribution in [0.3, 0.4) is 0 Å². The molecule has 0 radical (unpaired) electrons. The quantitative estimate of drug-likeness (QED) is 0.330. The fourth-order valence-corrected chi connectivity index (χ4v) is 4.90. The van der Waals surface area contributed by atoms with Gasteiger partial charge in [0.25, 0.3) is 0 Å². The highest BCUT2D eigenvalue weighted by molar-refractivity contribution is 7.88. The summed E-state index contributed by atoms with van der Waals surface area (Å²) < 4.78 is 31.8. The Morgan fingerprint density at radius 1 is 0.846 bits per heavy atom. The molecule has 9 heteroatoms. The number of ether oxygens (including phenoxy) is 1. The maximum absolute atomic E-state index is 13.9. The molecule has 1 atom stereocenters. The number of benzene rings is 3. The predicted octanol–water partition coefficient (Wildman–Crippen LogP) is 3.62. The van der Waals surface area contributed by atoms with Crippen LogP contribution in [0.15, 0.2) is 84.9 Å². The number of sulfonamides is 1. The zero-order chi connectivity index (χ0) is 28.3. The maximum atomic E-state index is 13.9. The van der Waals surface area contributed by atoms with E-state index in [1.165, 1.54) is 4.90 Å². The first kappa shape index (κ1) is 29.9. The minimum absolute atomic E-state index is 0.0488. The first-order valence-corrected chi connectivity index (χ1v) is 14.8. The number of hydrogen-bond acceptors (Lipinski definition) is 5. The van der Waals surface area contributed by atoms with Crippen molar-refractivity contribution < 1.29 is 22.7 Å². The highest BCUT2D eigenvalue weighted by Gasteiger charge is 2.32. The Morgan fingerprint density at radius 2 is 1.41 bits per heavy atom. The van der Waals surface area contributed by atoms with Crippen molar-refractivity contribution in [1.29, 1.82) is 0 Å². The number of rotatable bonds is 14. The normalized spacial score (nSPS) is 12.1. The van der Waals surface area contributed by atoms with Crippen LogP contribution in [-0.2, 0) is 39.1 Å². The summed E-state index contributed by atoms with van der Waals surface area (Å²) in [5.74, 6) is -0.0689. The fourth-order valence-electron chi connectivity index (χ4n) is 4.17. The van der Waals surface area contributed by atoms with Crippen molar-refractivity contribution in [2.75, 3.05) is 26.5 Å². The van der Waals surface area contributed by atoms with Crippen molar-refractivity contribution in [2.45, 2.75) is 38.9 Å². The van der Waals surface area contributed by atoms with Gasteiger partial charge in [0, 0.05) is 26.1 Å². The van der Waals surface area contributed by atoms with Crippen LogP contribution in [0.1, 0.15) is 30.0 Å². The Morgan fingerprint density at radius 3 is 1.95 bits per heavy atom. The van der Waals surface area contributed by atoms with Gasteiger partial charge in [-0.05, 0) is 35.2 Å². The van der Waals surface area contributed by atoms with Crippen molar-refractivity contribution in [3.63, 3.8) is 0 Å². The molecule has 3 aromatic rings. The smallest absolute Gasteiger partial charge is 0.243 e. The Hall–Kier alpha value is -3.69. The lowest BCUT2D eigenvalue weighted by Gasteiger charge is -2.33. The molecule has 0 aliphatic rings. The Labute approximate surface area is 231 Å². The number of carbonyl (C=O) groups is 2. The highest BCUT2D eigenvalue weighted by atomic mass is 32.2. The Bertz CT molecular complexity index is 1300. The second kappa shape index (κ2) is 14.5.